The van der Waals surface area contributed by atoms with Gasteiger partial charge in [0.25, 0.3) is 0 Å². The first kappa shape index (κ1) is 14.7. The van der Waals surface area contributed by atoms with Gasteiger partial charge < -0.3 is 5.73 Å². The Morgan fingerprint density at radius 1 is 0.727 bits per heavy atom. The zero-order chi connectivity index (χ0) is 15.4. The molecule has 0 aliphatic carbocycles. The van der Waals surface area contributed by atoms with Crippen molar-refractivity contribution in [2.75, 3.05) is 0 Å². The van der Waals surface area contributed by atoms with Crippen LogP contribution in [0.4, 0.5) is 0 Å². The van der Waals surface area contributed by atoms with Crippen LogP contribution in [0, 0.1) is 0 Å². The van der Waals surface area contributed by atoms with Crippen LogP contribution in [0.1, 0.15) is 30.3 Å². The summed E-state index contributed by atoms with van der Waals surface area (Å²) >= 11 is 0. The molecule has 0 aliphatic rings. The van der Waals surface area contributed by atoms with Gasteiger partial charge in [-0.25, -0.2) is 10.9 Å². The highest BCUT2D eigenvalue weighted by atomic mass is 15.4. The van der Waals surface area contributed by atoms with Crippen molar-refractivity contribution in [2.24, 2.45) is 5.73 Å². The molecule has 0 bridgehead atoms. The minimum absolute atomic E-state index is 0.188. The molecule has 3 aromatic carbocycles. The smallest absolute Gasteiger partial charge is 0.0938 e. The Kier molecular flexibility index (Phi) is 4.49. The Labute approximate surface area is 131 Å². The van der Waals surface area contributed by atoms with Crippen molar-refractivity contribution in [3.63, 3.8) is 0 Å². The van der Waals surface area contributed by atoms with E-state index >= 15 is 0 Å². The van der Waals surface area contributed by atoms with Crippen molar-refractivity contribution in [3.05, 3.63) is 83.9 Å². The topological polar surface area (TPSA) is 50.1 Å². The quantitative estimate of drug-likeness (QED) is 0.497. The third-order valence-corrected chi connectivity index (χ3v) is 3.89. The van der Waals surface area contributed by atoms with Gasteiger partial charge in [0.05, 0.1) is 6.17 Å². The van der Waals surface area contributed by atoms with Crippen LogP contribution in [0.25, 0.3) is 10.8 Å². The second-order valence-electron chi connectivity index (χ2n) is 5.51. The first-order chi connectivity index (χ1) is 10.7. The molecule has 112 valence electrons. The standard InChI is InChI=1S/C19H21N3/c1-14(15-7-3-2-4-8-15)21-22-19(20)18-12-11-16-9-5-6-10-17(16)13-18/h2-14,19,21-22H,20H2,1H3. The molecule has 0 spiro atoms. The van der Waals surface area contributed by atoms with Crippen molar-refractivity contribution >= 4 is 10.8 Å². The van der Waals surface area contributed by atoms with Crippen LogP contribution in [0.3, 0.4) is 0 Å². The van der Waals surface area contributed by atoms with Crippen molar-refractivity contribution in [3.8, 4) is 0 Å². The molecule has 0 amide bonds. The lowest BCUT2D eigenvalue weighted by Gasteiger charge is -2.20. The van der Waals surface area contributed by atoms with Crippen molar-refractivity contribution < 1.29 is 0 Å². The second kappa shape index (κ2) is 6.71. The molecule has 0 saturated heterocycles. The summed E-state index contributed by atoms with van der Waals surface area (Å²) < 4.78 is 0. The molecular weight excluding hydrogens is 270 g/mol. The third kappa shape index (κ3) is 3.34. The highest BCUT2D eigenvalue weighted by Gasteiger charge is 2.09. The average molecular weight is 291 g/mol. The number of benzene rings is 3. The number of nitrogens with two attached hydrogens (primary N) is 1. The van der Waals surface area contributed by atoms with Crippen LogP contribution in [-0.4, -0.2) is 0 Å². The van der Waals surface area contributed by atoms with E-state index in [1.807, 2.05) is 30.3 Å². The maximum Gasteiger partial charge on any atom is 0.0938 e. The Bertz CT molecular complexity index is 740. The Hall–Kier alpha value is -2.20. The number of hydrogen-bond acceptors (Lipinski definition) is 3. The van der Waals surface area contributed by atoms with Gasteiger partial charge in [-0.3, -0.25) is 0 Å². The molecule has 0 radical (unpaired) electrons. The molecule has 22 heavy (non-hydrogen) atoms. The fourth-order valence-corrected chi connectivity index (χ4v) is 2.52. The van der Waals surface area contributed by atoms with Crippen molar-refractivity contribution in [1.29, 1.82) is 0 Å². The van der Waals surface area contributed by atoms with Gasteiger partial charge in [-0.1, -0.05) is 66.7 Å². The van der Waals surface area contributed by atoms with E-state index in [9.17, 15) is 0 Å². The first-order valence-electron chi connectivity index (χ1n) is 7.54. The molecule has 2 unspecified atom stereocenters. The molecule has 4 N–H and O–H groups in total. The highest BCUT2D eigenvalue weighted by molar-refractivity contribution is 5.83. The van der Waals surface area contributed by atoms with E-state index in [4.69, 9.17) is 5.73 Å². The Balaban J connectivity index is 1.67. The molecule has 3 rings (SSSR count). The molecule has 0 fully saturated rings. The maximum atomic E-state index is 6.24. The maximum absolute atomic E-state index is 6.24. The number of hydrazine groups is 1. The minimum atomic E-state index is -0.254. The van der Waals surface area contributed by atoms with E-state index in [2.05, 4.69) is 60.2 Å². The lowest BCUT2D eigenvalue weighted by Crippen LogP contribution is -2.41. The molecule has 0 heterocycles. The van der Waals surface area contributed by atoms with E-state index < -0.39 is 0 Å². The van der Waals surface area contributed by atoms with E-state index in [1.54, 1.807) is 0 Å². The van der Waals surface area contributed by atoms with Crippen LogP contribution in [-0.2, 0) is 0 Å². The molecule has 0 aromatic heterocycles. The zero-order valence-electron chi connectivity index (χ0n) is 12.7. The van der Waals surface area contributed by atoms with Gasteiger partial charge in [-0.2, -0.15) is 0 Å². The number of rotatable bonds is 5. The number of nitrogens with one attached hydrogen (secondary N) is 2. The predicted octanol–water partition coefficient (Wildman–Crippen LogP) is 3.65. The molecule has 3 heteroatoms. The van der Waals surface area contributed by atoms with Crippen LogP contribution in [0.5, 0.6) is 0 Å². The van der Waals surface area contributed by atoms with Crippen LogP contribution >= 0.6 is 0 Å². The van der Waals surface area contributed by atoms with E-state index in [0.29, 0.717) is 0 Å². The molecule has 3 aromatic rings. The normalized spacial score (nSPS) is 13.9. The zero-order valence-corrected chi connectivity index (χ0v) is 12.7. The summed E-state index contributed by atoms with van der Waals surface area (Å²) in [5.74, 6) is 0. The molecule has 3 nitrogen and oxygen atoms in total. The fourth-order valence-electron chi connectivity index (χ4n) is 2.52. The highest BCUT2D eigenvalue weighted by Crippen LogP contribution is 2.18. The largest absolute Gasteiger partial charge is 0.311 e. The summed E-state index contributed by atoms with van der Waals surface area (Å²) in [7, 11) is 0. The van der Waals surface area contributed by atoms with Gasteiger partial charge >= 0.3 is 0 Å². The Morgan fingerprint density at radius 3 is 2.18 bits per heavy atom. The molecule has 0 aliphatic heterocycles. The van der Waals surface area contributed by atoms with Crippen LogP contribution in [0.15, 0.2) is 72.8 Å². The summed E-state index contributed by atoms with van der Waals surface area (Å²) in [4.78, 5) is 0. The van der Waals surface area contributed by atoms with E-state index in [1.165, 1.54) is 16.3 Å². The van der Waals surface area contributed by atoms with Gasteiger partial charge in [0.1, 0.15) is 0 Å². The average Bonchev–Trinajstić information content (AvgIpc) is 2.59. The summed E-state index contributed by atoms with van der Waals surface area (Å²) in [5, 5.41) is 2.43. The Morgan fingerprint density at radius 2 is 1.41 bits per heavy atom. The van der Waals surface area contributed by atoms with Gasteiger partial charge in [-0.05, 0) is 34.9 Å². The lowest BCUT2D eigenvalue weighted by atomic mass is 10.1. The second-order valence-corrected chi connectivity index (χ2v) is 5.51. The molecule has 0 saturated carbocycles. The summed E-state index contributed by atoms with van der Waals surface area (Å²) in [6.07, 6.45) is -0.254. The van der Waals surface area contributed by atoms with E-state index in [-0.39, 0.29) is 12.2 Å². The van der Waals surface area contributed by atoms with Crippen LogP contribution < -0.4 is 16.6 Å². The summed E-state index contributed by atoms with van der Waals surface area (Å²) in [6, 6.07) is 25.1. The SMILES string of the molecule is CC(NNC(N)c1ccc2ccccc2c1)c1ccccc1. The molecule has 2 atom stereocenters. The fraction of sp³-hybridized carbons (Fsp3) is 0.158. The summed E-state index contributed by atoms with van der Waals surface area (Å²) in [5.41, 5.74) is 15.0. The molecular formula is C19H21N3. The van der Waals surface area contributed by atoms with Crippen molar-refractivity contribution in [1.82, 2.24) is 10.9 Å². The van der Waals surface area contributed by atoms with Crippen molar-refractivity contribution in [2.45, 2.75) is 19.1 Å². The minimum Gasteiger partial charge on any atom is -0.311 e. The first-order valence-corrected chi connectivity index (χ1v) is 7.54. The number of hydrogen-bond donors (Lipinski definition) is 3. The van der Waals surface area contributed by atoms with Gasteiger partial charge in [0.2, 0.25) is 0 Å². The van der Waals surface area contributed by atoms with E-state index in [0.717, 1.165) is 5.56 Å². The summed E-state index contributed by atoms with van der Waals surface area (Å²) in [6.45, 7) is 2.11. The van der Waals surface area contributed by atoms with Gasteiger partial charge in [0, 0.05) is 6.04 Å². The van der Waals surface area contributed by atoms with Gasteiger partial charge in [-0.15, -0.1) is 0 Å². The monoisotopic (exact) mass is 291 g/mol. The van der Waals surface area contributed by atoms with Crippen LogP contribution in [0.2, 0.25) is 0 Å². The third-order valence-electron chi connectivity index (χ3n) is 3.89. The lowest BCUT2D eigenvalue weighted by molar-refractivity contribution is 0.401. The number of fused-ring (bicyclic) bond motifs is 1. The van der Waals surface area contributed by atoms with Gasteiger partial charge in [0.15, 0.2) is 0 Å². The predicted molar refractivity (Wildman–Crippen MR) is 92.0 cm³/mol.